The summed E-state index contributed by atoms with van der Waals surface area (Å²) in [5.74, 6) is 0. The quantitative estimate of drug-likeness (QED) is 0.500. The third-order valence-corrected chi connectivity index (χ3v) is 1.15. The van der Waals surface area contributed by atoms with Gasteiger partial charge < -0.3 is 11.1 Å². The van der Waals surface area contributed by atoms with E-state index in [4.69, 9.17) is 5.73 Å². The van der Waals surface area contributed by atoms with Gasteiger partial charge in [-0.1, -0.05) is 6.08 Å². The van der Waals surface area contributed by atoms with Crippen molar-refractivity contribution in [3.05, 3.63) is 35.8 Å². The Morgan fingerprint density at radius 2 is 2.30 bits per heavy atom. The van der Waals surface area contributed by atoms with E-state index < -0.39 is 0 Å². The molecule has 0 aromatic carbocycles. The van der Waals surface area contributed by atoms with Gasteiger partial charge in [-0.15, -0.1) is 0 Å². The van der Waals surface area contributed by atoms with E-state index in [9.17, 15) is 4.79 Å². The number of rotatable bonds is 1. The second-order valence-electron chi connectivity index (χ2n) is 1.85. The van der Waals surface area contributed by atoms with E-state index in [-0.39, 0.29) is 0 Å². The first-order valence-electron chi connectivity index (χ1n) is 2.89. The number of hydrogen-bond donors (Lipinski definition) is 2. The molecule has 1 aliphatic heterocycles. The Morgan fingerprint density at radius 3 is 3.00 bits per heavy atom. The number of aldehydes is 1. The van der Waals surface area contributed by atoms with Crippen molar-refractivity contribution in [2.45, 2.75) is 0 Å². The molecule has 0 fully saturated rings. The predicted octanol–water partition coefficient (Wildman–Crippen LogP) is 0.0287. The normalized spacial score (nSPS) is 16.4. The van der Waals surface area contributed by atoms with E-state index in [0.717, 1.165) is 0 Å². The van der Waals surface area contributed by atoms with Crippen molar-refractivity contribution in [3.63, 3.8) is 0 Å². The fourth-order valence-corrected chi connectivity index (χ4v) is 0.628. The summed E-state index contributed by atoms with van der Waals surface area (Å²) in [6.07, 6.45) is 7.54. The molecule has 0 saturated carbocycles. The second kappa shape index (κ2) is 2.87. The van der Waals surface area contributed by atoms with Crippen LogP contribution in [0, 0.1) is 0 Å². The Hall–Kier alpha value is -1.51. The molecule has 0 saturated heterocycles. The van der Waals surface area contributed by atoms with Crippen molar-refractivity contribution in [2.75, 3.05) is 0 Å². The van der Waals surface area contributed by atoms with Crippen LogP contribution in [0.2, 0.25) is 0 Å². The van der Waals surface area contributed by atoms with Crippen molar-refractivity contribution in [3.8, 4) is 0 Å². The molecule has 1 rings (SSSR count). The summed E-state index contributed by atoms with van der Waals surface area (Å²) in [4.78, 5) is 10.3. The van der Waals surface area contributed by atoms with Crippen molar-refractivity contribution in [1.82, 2.24) is 5.32 Å². The largest absolute Gasteiger partial charge is 0.397 e. The summed E-state index contributed by atoms with van der Waals surface area (Å²) < 4.78 is 0. The maximum absolute atomic E-state index is 10.3. The molecule has 3 N–H and O–H groups in total. The van der Waals surface area contributed by atoms with Crippen LogP contribution >= 0.6 is 0 Å². The van der Waals surface area contributed by atoms with Crippen LogP contribution in [0.3, 0.4) is 0 Å². The predicted molar refractivity (Wildman–Crippen MR) is 38.7 cm³/mol. The Balaban J connectivity index is 2.92. The van der Waals surface area contributed by atoms with Gasteiger partial charge in [0.2, 0.25) is 0 Å². The highest BCUT2D eigenvalue weighted by molar-refractivity contribution is 5.75. The number of nitrogens with one attached hydrogen (secondary N) is 1. The van der Waals surface area contributed by atoms with Crippen molar-refractivity contribution >= 4 is 6.29 Å². The molecule has 1 heterocycles. The summed E-state index contributed by atoms with van der Waals surface area (Å²) in [6, 6.07) is 0. The van der Waals surface area contributed by atoms with Gasteiger partial charge in [-0.3, -0.25) is 4.79 Å². The van der Waals surface area contributed by atoms with Gasteiger partial charge in [0, 0.05) is 6.20 Å². The molecular formula is C7H8N2O. The molecule has 0 radical (unpaired) electrons. The number of allylic oxidation sites excluding steroid dienone is 4. The molecule has 3 heteroatoms. The van der Waals surface area contributed by atoms with Crippen LogP contribution in [0.25, 0.3) is 0 Å². The third-order valence-electron chi connectivity index (χ3n) is 1.15. The molecular weight excluding hydrogens is 128 g/mol. The summed E-state index contributed by atoms with van der Waals surface area (Å²) in [5.41, 5.74) is 6.31. The van der Waals surface area contributed by atoms with Crippen LogP contribution in [-0.2, 0) is 4.79 Å². The van der Waals surface area contributed by atoms with Gasteiger partial charge in [0.25, 0.3) is 0 Å². The molecule has 0 aromatic heterocycles. The van der Waals surface area contributed by atoms with E-state index in [2.05, 4.69) is 5.32 Å². The zero-order valence-electron chi connectivity index (χ0n) is 5.37. The highest BCUT2D eigenvalue weighted by Crippen LogP contribution is 1.97. The number of carbonyl (C=O) groups is 1. The van der Waals surface area contributed by atoms with Gasteiger partial charge in [0.1, 0.15) is 5.70 Å². The molecule has 1 aliphatic rings. The van der Waals surface area contributed by atoms with Crippen LogP contribution in [0.4, 0.5) is 0 Å². The minimum Gasteiger partial charge on any atom is -0.397 e. The van der Waals surface area contributed by atoms with Gasteiger partial charge in [-0.2, -0.15) is 0 Å². The summed E-state index contributed by atoms with van der Waals surface area (Å²) in [6.45, 7) is 0. The van der Waals surface area contributed by atoms with E-state index in [1.807, 2.05) is 0 Å². The average molecular weight is 136 g/mol. The van der Waals surface area contributed by atoms with Gasteiger partial charge in [-0.25, -0.2) is 0 Å². The minimum atomic E-state index is 0.407. The maximum atomic E-state index is 10.3. The van der Waals surface area contributed by atoms with Crippen LogP contribution in [0.15, 0.2) is 35.8 Å². The fraction of sp³-hybridized carbons (Fsp3) is 0. The highest BCUT2D eigenvalue weighted by atomic mass is 16.1. The summed E-state index contributed by atoms with van der Waals surface area (Å²) in [5, 5.41) is 2.72. The van der Waals surface area contributed by atoms with E-state index in [0.29, 0.717) is 17.7 Å². The molecule has 0 aliphatic carbocycles. The number of hydrogen-bond acceptors (Lipinski definition) is 3. The first kappa shape index (κ1) is 6.61. The SMILES string of the molecule is NC1=C(C=O)NC=CC=C1. The Morgan fingerprint density at radius 1 is 1.50 bits per heavy atom. The molecule has 0 bridgehead atoms. The lowest BCUT2D eigenvalue weighted by atomic mass is 10.3. The highest BCUT2D eigenvalue weighted by Gasteiger charge is 1.97. The van der Waals surface area contributed by atoms with Crippen LogP contribution in [-0.4, -0.2) is 6.29 Å². The molecule has 0 spiro atoms. The Kier molecular flexibility index (Phi) is 1.89. The second-order valence-corrected chi connectivity index (χ2v) is 1.85. The first-order chi connectivity index (χ1) is 4.84. The van der Waals surface area contributed by atoms with Crippen LogP contribution in [0.1, 0.15) is 0 Å². The lowest BCUT2D eigenvalue weighted by Gasteiger charge is -1.98. The van der Waals surface area contributed by atoms with Crippen molar-refractivity contribution in [2.24, 2.45) is 5.73 Å². The fourth-order valence-electron chi connectivity index (χ4n) is 0.628. The Bertz CT molecular complexity index is 226. The maximum Gasteiger partial charge on any atom is 0.168 e. The molecule has 0 aromatic rings. The molecule has 0 amide bonds. The molecule has 3 nitrogen and oxygen atoms in total. The molecule has 10 heavy (non-hydrogen) atoms. The van der Waals surface area contributed by atoms with Crippen molar-refractivity contribution in [1.29, 1.82) is 0 Å². The lowest BCUT2D eigenvalue weighted by molar-refractivity contribution is -0.105. The van der Waals surface area contributed by atoms with Gasteiger partial charge >= 0.3 is 0 Å². The standard InChI is InChI=1S/C7H8N2O/c8-6-3-1-2-4-9-7(6)5-10/h1-5,9H,8H2. The zero-order valence-corrected chi connectivity index (χ0v) is 5.37. The molecule has 0 unspecified atom stereocenters. The topological polar surface area (TPSA) is 55.1 Å². The molecule has 0 atom stereocenters. The smallest absolute Gasteiger partial charge is 0.168 e. The third kappa shape index (κ3) is 1.25. The summed E-state index contributed by atoms with van der Waals surface area (Å²) in [7, 11) is 0. The average Bonchev–Trinajstić information content (AvgIpc) is 2.13. The first-order valence-corrected chi connectivity index (χ1v) is 2.89. The monoisotopic (exact) mass is 136 g/mol. The zero-order chi connectivity index (χ0) is 7.40. The van der Waals surface area contributed by atoms with Crippen LogP contribution < -0.4 is 11.1 Å². The van der Waals surface area contributed by atoms with Gasteiger partial charge in [0.15, 0.2) is 6.29 Å². The van der Waals surface area contributed by atoms with E-state index >= 15 is 0 Å². The van der Waals surface area contributed by atoms with E-state index in [1.54, 1.807) is 24.4 Å². The Labute approximate surface area is 58.9 Å². The summed E-state index contributed by atoms with van der Waals surface area (Å²) >= 11 is 0. The van der Waals surface area contributed by atoms with Crippen molar-refractivity contribution < 1.29 is 4.79 Å². The van der Waals surface area contributed by atoms with Crippen LogP contribution in [0.5, 0.6) is 0 Å². The van der Waals surface area contributed by atoms with Gasteiger partial charge in [0.05, 0.1) is 5.70 Å². The lowest BCUT2D eigenvalue weighted by Crippen LogP contribution is -2.11. The van der Waals surface area contributed by atoms with Gasteiger partial charge in [-0.05, 0) is 12.2 Å². The number of carbonyl (C=O) groups excluding carboxylic acids is 1. The number of nitrogens with two attached hydrogens (primary N) is 1. The minimum absolute atomic E-state index is 0.407. The molecule has 52 valence electrons. The van der Waals surface area contributed by atoms with E-state index in [1.165, 1.54) is 0 Å².